The van der Waals surface area contributed by atoms with Crippen LogP contribution >= 0.6 is 0 Å². The Labute approximate surface area is 98.9 Å². The van der Waals surface area contributed by atoms with E-state index in [0.29, 0.717) is 0 Å². The van der Waals surface area contributed by atoms with E-state index in [1.165, 1.54) is 0 Å². The van der Waals surface area contributed by atoms with E-state index < -0.39 is 0 Å². The van der Waals surface area contributed by atoms with Crippen molar-refractivity contribution in [2.45, 2.75) is 6.92 Å². The van der Waals surface area contributed by atoms with Gasteiger partial charge in [0.25, 0.3) is 0 Å². The van der Waals surface area contributed by atoms with Crippen LogP contribution in [0, 0.1) is 0 Å². The average Bonchev–Trinajstić information content (AvgIpc) is 2.35. The molecule has 0 bridgehead atoms. The molecule has 2 aromatic carbocycles. The van der Waals surface area contributed by atoms with Crippen LogP contribution in [-0.4, -0.2) is 10.8 Å². The van der Waals surface area contributed by atoms with Crippen LogP contribution < -0.4 is 0 Å². The van der Waals surface area contributed by atoms with Gasteiger partial charge in [0.1, 0.15) is 0 Å². The molecule has 0 amide bonds. The van der Waals surface area contributed by atoms with Crippen molar-refractivity contribution in [3.63, 3.8) is 0 Å². The van der Waals surface area contributed by atoms with Gasteiger partial charge in [-0.15, -0.1) is 0 Å². The zero-order valence-electron chi connectivity index (χ0n) is 9.47. The molecule has 2 heteroatoms. The smallest absolute Gasteiger partial charge is 0.160 e. The Bertz CT molecular complexity index is 731. The molecule has 2 nitrogen and oxygen atoms in total. The Morgan fingerprint density at radius 2 is 1.76 bits per heavy atom. The molecule has 3 aromatic rings. The number of carbonyl (C=O) groups is 1. The third-order valence-corrected chi connectivity index (χ3v) is 2.94. The van der Waals surface area contributed by atoms with Gasteiger partial charge in [0, 0.05) is 16.3 Å². The van der Waals surface area contributed by atoms with Crippen molar-refractivity contribution in [1.29, 1.82) is 0 Å². The summed E-state index contributed by atoms with van der Waals surface area (Å²) in [7, 11) is 0. The third-order valence-electron chi connectivity index (χ3n) is 2.94. The van der Waals surface area contributed by atoms with E-state index in [2.05, 4.69) is 4.98 Å². The van der Waals surface area contributed by atoms with Crippen LogP contribution in [0.3, 0.4) is 0 Å². The van der Waals surface area contributed by atoms with E-state index in [4.69, 9.17) is 0 Å². The number of benzene rings is 2. The molecule has 3 rings (SSSR count). The molecular weight excluding hydrogens is 210 g/mol. The van der Waals surface area contributed by atoms with Gasteiger partial charge in [0.2, 0.25) is 0 Å². The number of carbonyl (C=O) groups excluding carboxylic acids is 1. The average molecular weight is 221 g/mol. The minimum Gasteiger partial charge on any atom is -0.294 e. The van der Waals surface area contributed by atoms with Gasteiger partial charge in [-0.2, -0.15) is 0 Å². The highest BCUT2D eigenvalue weighted by atomic mass is 16.1. The van der Waals surface area contributed by atoms with Crippen molar-refractivity contribution < 1.29 is 4.79 Å². The lowest BCUT2D eigenvalue weighted by Gasteiger charge is -2.04. The first-order valence-corrected chi connectivity index (χ1v) is 5.55. The molecule has 0 unspecified atom stereocenters. The molecule has 0 spiro atoms. The van der Waals surface area contributed by atoms with Gasteiger partial charge in [-0.3, -0.25) is 4.79 Å². The number of para-hydroxylation sites is 1. The zero-order valence-corrected chi connectivity index (χ0v) is 9.47. The number of aromatic nitrogens is 1. The minimum atomic E-state index is 0.0766. The monoisotopic (exact) mass is 221 g/mol. The van der Waals surface area contributed by atoms with Crippen molar-refractivity contribution in [3.05, 3.63) is 54.1 Å². The number of fused-ring (bicyclic) bond motifs is 2. The summed E-state index contributed by atoms with van der Waals surface area (Å²) in [4.78, 5) is 16.1. The van der Waals surface area contributed by atoms with Gasteiger partial charge in [-0.1, -0.05) is 30.3 Å². The predicted molar refractivity (Wildman–Crippen MR) is 69.3 cm³/mol. The molecule has 1 heterocycles. The number of hydrogen-bond donors (Lipinski definition) is 0. The fourth-order valence-corrected chi connectivity index (χ4v) is 2.11. The van der Waals surface area contributed by atoms with Gasteiger partial charge in [0.05, 0.1) is 11.0 Å². The van der Waals surface area contributed by atoms with Crippen molar-refractivity contribution in [2.24, 2.45) is 0 Å². The van der Waals surface area contributed by atoms with Crippen LogP contribution in [0.5, 0.6) is 0 Å². The summed E-state index contributed by atoms with van der Waals surface area (Å²) < 4.78 is 0. The molecular formula is C15H11NO. The highest BCUT2D eigenvalue weighted by Crippen LogP contribution is 2.22. The summed E-state index contributed by atoms with van der Waals surface area (Å²) >= 11 is 0. The first-order chi connectivity index (χ1) is 8.25. The summed E-state index contributed by atoms with van der Waals surface area (Å²) in [5, 5.41) is 1.99. The minimum absolute atomic E-state index is 0.0766. The Balaban J connectivity index is 2.47. The number of hydrogen-bond acceptors (Lipinski definition) is 2. The fraction of sp³-hybridized carbons (Fsp3) is 0.0667. The summed E-state index contributed by atoms with van der Waals surface area (Å²) in [6.07, 6.45) is 0. The van der Waals surface area contributed by atoms with E-state index in [0.717, 1.165) is 27.4 Å². The van der Waals surface area contributed by atoms with E-state index in [1.54, 1.807) is 6.92 Å². The van der Waals surface area contributed by atoms with E-state index >= 15 is 0 Å². The Morgan fingerprint density at radius 3 is 2.59 bits per heavy atom. The number of nitrogens with zero attached hydrogens (tertiary/aromatic N) is 1. The van der Waals surface area contributed by atoms with Gasteiger partial charge >= 0.3 is 0 Å². The summed E-state index contributed by atoms with van der Waals surface area (Å²) in [5.74, 6) is 0.0766. The maximum Gasteiger partial charge on any atom is 0.160 e. The summed E-state index contributed by atoms with van der Waals surface area (Å²) in [6, 6.07) is 15.6. The van der Waals surface area contributed by atoms with E-state index in [1.807, 2.05) is 48.5 Å². The maximum atomic E-state index is 11.6. The quantitative estimate of drug-likeness (QED) is 0.464. The van der Waals surface area contributed by atoms with Crippen molar-refractivity contribution in [1.82, 2.24) is 4.98 Å². The van der Waals surface area contributed by atoms with Crippen molar-refractivity contribution in [2.75, 3.05) is 0 Å². The summed E-state index contributed by atoms with van der Waals surface area (Å²) in [5.41, 5.74) is 2.57. The van der Waals surface area contributed by atoms with Crippen LogP contribution in [0.15, 0.2) is 48.5 Å². The molecule has 17 heavy (non-hydrogen) atoms. The second kappa shape index (κ2) is 3.67. The van der Waals surface area contributed by atoms with E-state index in [9.17, 15) is 4.79 Å². The maximum absolute atomic E-state index is 11.6. The first kappa shape index (κ1) is 9.97. The molecule has 0 saturated carbocycles. The molecule has 0 aliphatic rings. The SMILES string of the molecule is CC(=O)c1cccc2nc3ccccc3cc12. The largest absolute Gasteiger partial charge is 0.294 e. The molecule has 0 aliphatic carbocycles. The molecule has 1 aromatic heterocycles. The lowest BCUT2D eigenvalue weighted by atomic mass is 10.0. The second-order valence-electron chi connectivity index (χ2n) is 4.11. The lowest BCUT2D eigenvalue weighted by Crippen LogP contribution is -1.94. The highest BCUT2D eigenvalue weighted by Gasteiger charge is 2.07. The Morgan fingerprint density at radius 1 is 1.00 bits per heavy atom. The van der Waals surface area contributed by atoms with E-state index in [-0.39, 0.29) is 5.78 Å². The van der Waals surface area contributed by atoms with Gasteiger partial charge in [-0.05, 0) is 25.1 Å². The first-order valence-electron chi connectivity index (χ1n) is 5.55. The summed E-state index contributed by atoms with van der Waals surface area (Å²) in [6.45, 7) is 1.59. The number of rotatable bonds is 1. The number of pyridine rings is 1. The fourth-order valence-electron chi connectivity index (χ4n) is 2.11. The number of Topliss-reactive ketones (excluding diaryl/α,β-unsaturated/α-hetero) is 1. The van der Waals surface area contributed by atoms with Crippen molar-refractivity contribution >= 4 is 27.6 Å². The van der Waals surface area contributed by atoms with Gasteiger partial charge in [0.15, 0.2) is 5.78 Å². The van der Waals surface area contributed by atoms with Crippen LogP contribution in [0.25, 0.3) is 21.8 Å². The van der Waals surface area contributed by atoms with Gasteiger partial charge in [-0.25, -0.2) is 4.98 Å². The normalized spacial score (nSPS) is 10.9. The van der Waals surface area contributed by atoms with Crippen molar-refractivity contribution in [3.8, 4) is 0 Å². The van der Waals surface area contributed by atoms with Crippen LogP contribution in [-0.2, 0) is 0 Å². The van der Waals surface area contributed by atoms with Crippen LogP contribution in [0.4, 0.5) is 0 Å². The third kappa shape index (κ3) is 1.58. The second-order valence-corrected chi connectivity index (χ2v) is 4.11. The number of ketones is 1. The van der Waals surface area contributed by atoms with Crippen LogP contribution in [0.2, 0.25) is 0 Å². The zero-order chi connectivity index (χ0) is 11.8. The topological polar surface area (TPSA) is 30.0 Å². The Hall–Kier alpha value is -2.22. The molecule has 0 saturated heterocycles. The molecule has 0 N–H and O–H groups in total. The highest BCUT2D eigenvalue weighted by molar-refractivity contribution is 6.08. The van der Waals surface area contributed by atoms with Gasteiger partial charge < -0.3 is 0 Å². The Kier molecular flexibility index (Phi) is 2.15. The van der Waals surface area contributed by atoms with Crippen LogP contribution in [0.1, 0.15) is 17.3 Å². The molecule has 82 valence electrons. The molecule has 0 atom stereocenters. The lowest BCUT2D eigenvalue weighted by molar-refractivity contribution is 0.101. The molecule has 0 fully saturated rings. The predicted octanol–water partition coefficient (Wildman–Crippen LogP) is 3.59. The molecule has 0 radical (unpaired) electrons. The standard InChI is InChI=1S/C15H11NO/c1-10(17)12-6-4-8-15-13(12)9-11-5-2-3-7-14(11)16-15/h2-9H,1H3. The molecule has 0 aliphatic heterocycles.